The average molecular weight is 110 g/mol. The topological polar surface area (TPSA) is 48.6 Å². The third-order valence-corrected chi connectivity index (χ3v) is 0.145. The van der Waals surface area contributed by atoms with Crippen molar-refractivity contribution >= 4 is 6.72 Å². The van der Waals surface area contributed by atoms with Gasteiger partial charge in [-0.2, -0.15) is 5.11 Å². The molecular weight excluding hydrogens is 105 g/mol. The Hall–Kier alpha value is 0.906. The molecule has 0 heterocycles. The second-order valence-corrected chi connectivity index (χ2v) is 0.465. The first kappa shape index (κ1) is 6.91. The molecule has 0 rings (SSSR count). The van der Waals surface area contributed by atoms with Crippen molar-refractivity contribution in [1.82, 2.24) is 0 Å². The van der Waals surface area contributed by atoms with Gasteiger partial charge in [0.25, 0.3) is 0 Å². The molecule has 0 unspecified atom stereocenters. The molecule has 28 valence electrons. The Labute approximate surface area is 80.6 Å². The molecule has 0 radical (unpaired) electrons. The number of nitrogens with one attached hydrogen (secondary N) is 1. The first-order valence-corrected chi connectivity index (χ1v) is 1.09. The second-order valence-electron chi connectivity index (χ2n) is 0.465. The van der Waals surface area contributed by atoms with Gasteiger partial charge in [0.1, 0.15) is 6.67 Å². The second kappa shape index (κ2) is 9.32. The molecule has 4 heteroatoms. The molecular formula is C2H4KN3. The predicted octanol–water partition coefficient (Wildman–Crippen LogP) is -2.44. The summed E-state index contributed by atoms with van der Waals surface area (Å²) in [6.45, 7) is 4.69. The number of hydrogen-bond acceptors (Lipinski definition) is 3. The van der Waals surface area contributed by atoms with Crippen LogP contribution in [0.1, 0.15) is 0 Å². The standard InChI is InChI=1S/C2H4N3.K/c1-4-2-5-3;/h1,3H,2H2;/q-1;+1/i/hD. The van der Waals surface area contributed by atoms with Crippen LogP contribution in [-0.4, -0.2) is 13.4 Å². The van der Waals surface area contributed by atoms with Gasteiger partial charge in [0.05, 0.1) is 0 Å². The molecule has 0 saturated heterocycles. The monoisotopic (exact) mass is 110 g/mol. The fraction of sp³-hybridized carbons (Fsp3) is 0.500. The van der Waals surface area contributed by atoms with Crippen LogP contribution in [0.5, 0.6) is 0 Å². The molecule has 0 aliphatic heterocycles. The summed E-state index contributed by atoms with van der Waals surface area (Å²) in [7, 11) is 0. The number of hydrogen-bond donors (Lipinski definition) is 1. The Kier molecular flexibility index (Phi) is 10.7. The molecule has 0 aromatic carbocycles. The number of aliphatic imine (C=N–C) groups is 1. The van der Waals surface area contributed by atoms with Gasteiger partial charge < -0.3 is 11.7 Å². The van der Waals surface area contributed by atoms with Gasteiger partial charge in [-0.15, -0.1) is 0 Å². The zero-order valence-corrected chi connectivity index (χ0v) is 6.75. The van der Waals surface area contributed by atoms with E-state index in [1.807, 2.05) is 0 Å². The van der Waals surface area contributed by atoms with Gasteiger partial charge in [0, 0.05) is 0 Å². The van der Waals surface area contributed by atoms with Crippen LogP contribution >= 0.6 is 0 Å². The van der Waals surface area contributed by atoms with Crippen molar-refractivity contribution in [3.63, 3.8) is 0 Å². The Balaban J connectivity index is 0. The maximum atomic E-state index is 6.05. The first-order chi connectivity index (χ1) is 2.91. The van der Waals surface area contributed by atoms with Crippen LogP contribution in [0, 0.1) is 5.52 Å². The first-order valence-electron chi connectivity index (χ1n) is 1.54. The maximum Gasteiger partial charge on any atom is 1.00 e. The van der Waals surface area contributed by atoms with Gasteiger partial charge in [0.2, 0.25) is 1.41 Å². The normalized spacial score (nSPS) is 9.67. The van der Waals surface area contributed by atoms with E-state index in [0.29, 0.717) is 0 Å². The van der Waals surface area contributed by atoms with Crippen LogP contribution in [0.3, 0.4) is 0 Å². The molecule has 0 saturated carbocycles. The van der Waals surface area contributed by atoms with E-state index in [2.05, 4.69) is 22.3 Å². The molecule has 3 nitrogen and oxygen atoms in total. The van der Waals surface area contributed by atoms with Gasteiger partial charge in [-0.3, -0.25) is 0 Å². The molecule has 0 aromatic rings. The van der Waals surface area contributed by atoms with E-state index in [1.54, 1.807) is 0 Å². The Morgan fingerprint density at radius 1 is 2.00 bits per heavy atom. The summed E-state index contributed by atoms with van der Waals surface area (Å²) in [4.78, 5) is 3.04. The molecule has 6 heavy (non-hydrogen) atoms. The van der Waals surface area contributed by atoms with Crippen LogP contribution in [-0.2, 0) is 0 Å². The zero-order chi connectivity index (χ0) is 4.83. The van der Waals surface area contributed by atoms with E-state index in [1.165, 1.54) is 0 Å². The molecule has 0 aliphatic rings. The number of rotatable bonds is 2. The van der Waals surface area contributed by atoms with Gasteiger partial charge in [-0.1, -0.05) is 0 Å². The third kappa shape index (κ3) is 8.86. The quantitative estimate of drug-likeness (QED) is 0.178. The van der Waals surface area contributed by atoms with Crippen LogP contribution in [0.15, 0.2) is 10.1 Å². The molecule has 0 fully saturated rings. The van der Waals surface area contributed by atoms with Crippen molar-refractivity contribution in [1.29, 1.82) is 5.52 Å². The van der Waals surface area contributed by atoms with Crippen molar-refractivity contribution in [3.8, 4) is 0 Å². The summed E-state index contributed by atoms with van der Waals surface area (Å²) in [5.74, 6) is 0. The summed E-state index contributed by atoms with van der Waals surface area (Å²) in [5, 5.41) is 3.09. The summed E-state index contributed by atoms with van der Waals surface area (Å²) >= 11 is 0. The minimum atomic E-state index is 0. The van der Waals surface area contributed by atoms with E-state index in [-0.39, 0.29) is 58.1 Å². The van der Waals surface area contributed by atoms with E-state index < -0.39 is 0 Å². The maximum absolute atomic E-state index is 6.05. The molecule has 1 N–H and O–H groups in total. The molecule has 0 bridgehead atoms. The molecule has 0 aliphatic carbocycles. The smallest absolute Gasteiger partial charge is 0.486 e. The number of nitrogens with zero attached hydrogens (tertiary/aromatic N) is 2. The Morgan fingerprint density at radius 2 is 2.67 bits per heavy atom. The molecule has 0 atom stereocenters. The van der Waals surface area contributed by atoms with Gasteiger partial charge in [-0.25, -0.2) is 5.52 Å². The summed E-state index contributed by atoms with van der Waals surface area (Å²) in [5.41, 5.74) is 2.63. The largest absolute Gasteiger partial charge is 1.00 e. The minimum Gasteiger partial charge on any atom is -0.486 e. The summed E-state index contributed by atoms with van der Waals surface area (Å²) in [6, 6.07) is 0. The van der Waals surface area contributed by atoms with Crippen molar-refractivity contribution in [2.45, 2.75) is 0 Å². The summed E-state index contributed by atoms with van der Waals surface area (Å²) in [6.07, 6.45) is 0. The molecule has 0 spiro atoms. The van der Waals surface area contributed by atoms with E-state index in [0.717, 1.165) is 0 Å². The Morgan fingerprint density at radius 3 is 2.83 bits per heavy atom. The molecule has 0 amide bonds. The van der Waals surface area contributed by atoms with E-state index in [9.17, 15) is 0 Å². The van der Waals surface area contributed by atoms with Crippen LogP contribution in [0.4, 0.5) is 0 Å². The average Bonchev–Trinajstić information content (AvgIpc) is 1.61. The van der Waals surface area contributed by atoms with Crippen molar-refractivity contribution in [2.75, 3.05) is 6.67 Å². The zero-order valence-electron chi connectivity index (χ0n) is 4.63. The fourth-order valence-electron chi connectivity index (χ4n) is 0.0365. The van der Waals surface area contributed by atoms with Crippen molar-refractivity contribution in [3.05, 3.63) is 0 Å². The van der Waals surface area contributed by atoms with E-state index >= 15 is 0 Å². The minimum absolute atomic E-state index is 0. The Bertz CT molecular complexity index is 64.0. The predicted molar refractivity (Wildman–Crippen MR) is 18.5 cm³/mol. The van der Waals surface area contributed by atoms with Crippen LogP contribution in [0.25, 0.3) is 0 Å². The SMILES string of the molecule is [2H]N=NCN=[CH-].[K+]. The van der Waals surface area contributed by atoms with E-state index in [4.69, 9.17) is 1.41 Å². The van der Waals surface area contributed by atoms with Gasteiger partial charge >= 0.3 is 51.4 Å². The van der Waals surface area contributed by atoms with Gasteiger partial charge in [0.15, 0.2) is 0 Å². The van der Waals surface area contributed by atoms with Crippen LogP contribution in [0.2, 0.25) is 1.41 Å². The van der Waals surface area contributed by atoms with Crippen molar-refractivity contribution in [2.24, 2.45) is 10.1 Å². The summed E-state index contributed by atoms with van der Waals surface area (Å²) < 4.78 is 6.05. The fourth-order valence-corrected chi connectivity index (χ4v) is 0.0365. The molecule has 0 aromatic heterocycles. The van der Waals surface area contributed by atoms with Crippen molar-refractivity contribution < 1.29 is 52.8 Å². The third-order valence-electron chi connectivity index (χ3n) is 0.145. The van der Waals surface area contributed by atoms with Gasteiger partial charge in [-0.05, 0) is 0 Å². The van der Waals surface area contributed by atoms with Crippen LogP contribution < -0.4 is 51.4 Å².